The molecule has 0 saturated carbocycles. The van der Waals surface area contributed by atoms with Gasteiger partial charge in [-0.05, 0) is 33.9 Å². The van der Waals surface area contributed by atoms with Crippen LogP contribution in [0.1, 0.15) is 23.6 Å². The smallest absolute Gasteiger partial charge is 0.0397 e. The van der Waals surface area contributed by atoms with E-state index in [1.807, 2.05) is 0 Å². The Labute approximate surface area is 138 Å². The van der Waals surface area contributed by atoms with Gasteiger partial charge < -0.3 is 5.32 Å². The van der Waals surface area contributed by atoms with E-state index in [4.69, 9.17) is 0 Å². The summed E-state index contributed by atoms with van der Waals surface area (Å²) >= 11 is 0. The molecule has 0 bridgehead atoms. The van der Waals surface area contributed by atoms with Gasteiger partial charge >= 0.3 is 0 Å². The van der Waals surface area contributed by atoms with E-state index in [0.29, 0.717) is 0 Å². The first kappa shape index (κ1) is 15.4. The molecule has 3 rings (SSSR count). The van der Waals surface area contributed by atoms with Crippen LogP contribution in [0.5, 0.6) is 0 Å². The molecule has 3 aromatic carbocycles. The summed E-state index contributed by atoms with van der Waals surface area (Å²) in [5.74, 6) is 0. The number of hydrogen-bond donors (Lipinski definition) is 1. The van der Waals surface area contributed by atoms with E-state index in [-0.39, 0.29) is 0 Å². The summed E-state index contributed by atoms with van der Waals surface area (Å²) in [6.07, 6.45) is 1.94. The van der Waals surface area contributed by atoms with E-state index in [0.717, 1.165) is 25.1 Å². The normalized spacial score (nSPS) is 10.7. The number of fused-ring (bicyclic) bond motifs is 1. The lowest BCUT2D eigenvalue weighted by Crippen LogP contribution is -2.13. The van der Waals surface area contributed by atoms with Gasteiger partial charge in [-0.1, -0.05) is 80.2 Å². The molecule has 0 atom stereocenters. The van der Waals surface area contributed by atoms with Gasteiger partial charge in [-0.25, -0.2) is 0 Å². The molecule has 0 aromatic heterocycles. The van der Waals surface area contributed by atoms with Crippen LogP contribution >= 0.6 is 0 Å². The standard InChI is InChI=1S/C22H23N/c1-3-18-8-10-19(11-9-18)16-23-17(2)14-20-12-13-21-6-4-5-7-22(21)15-20/h4-13,15,23H,2-3,14,16H2,1H3. The molecular formula is C22H23N. The van der Waals surface area contributed by atoms with Gasteiger partial charge in [-0.3, -0.25) is 0 Å². The van der Waals surface area contributed by atoms with Crippen molar-refractivity contribution in [2.75, 3.05) is 0 Å². The molecule has 0 amide bonds. The minimum Gasteiger partial charge on any atom is -0.384 e. The van der Waals surface area contributed by atoms with Crippen molar-refractivity contribution >= 4 is 10.8 Å². The summed E-state index contributed by atoms with van der Waals surface area (Å²) in [6, 6.07) is 23.9. The highest BCUT2D eigenvalue weighted by Crippen LogP contribution is 2.17. The summed E-state index contributed by atoms with van der Waals surface area (Å²) in [6.45, 7) is 7.18. The second-order valence-electron chi connectivity index (χ2n) is 5.99. The lowest BCUT2D eigenvalue weighted by atomic mass is 10.0. The first-order valence-corrected chi connectivity index (χ1v) is 8.22. The fraction of sp³-hybridized carbons (Fsp3) is 0.182. The largest absolute Gasteiger partial charge is 0.384 e. The SMILES string of the molecule is C=C(Cc1ccc2ccccc2c1)NCc1ccc(CC)cc1. The van der Waals surface area contributed by atoms with E-state index >= 15 is 0 Å². The van der Waals surface area contributed by atoms with Crippen molar-refractivity contribution in [3.05, 3.63) is 95.7 Å². The fourth-order valence-corrected chi connectivity index (χ4v) is 2.78. The topological polar surface area (TPSA) is 12.0 Å². The van der Waals surface area contributed by atoms with Gasteiger partial charge in [-0.15, -0.1) is 0 Å². The summed E-state index contributed by atoms with van der Waals surface area (Å²) in [4.78, 5) is 0. The molecule has 116 valence electrons. The Bertz CT molecular complexity index is 800. The molecule has 0 heterocycles. The first-order valence-electron chi connectivity index (χ1n) is 8.22. The third-order valence-corrected chi connectivity index (χ3v) is 4.21. The van der Waals surface area contributed by atoms with Crippen LogP contribution in [-0.4, -0.2) is 0 Å². The van der Waals surface area contributed by atoms with Crippen molar-refractivity contribution in [1.82, 2.24) is 5.32 Å². The van der Waals surface area contributed by atoms with Gasteiger partial charge in [0.15, 0.2) is 0 Å². The number of hydrogen-bond acceptors (Lipinski definition) is 1. The maximum atomic E-state index is 4.17. The Balaban J connectivity index is 1.59. The zero-order valence-corrected chi connectivity index (χ0v) is 13.7. The predicted octanol–water partition coefficient (Wildman–Crippen LogP) is 5.25. The lowest BCUT2D eigenvalue weighted by Gasteiger charge is -2.11. The van der Waals surface area contributed by atoms with Gasteiger partial charge in [-0.2, -0.15) is 0 Å². The molecular weight excluding hydrogens is 278 g/mol. The van der Waals surface area contributed by atoms with Crippen molar-refractivity contribution in [1.29, 1.82) is 0 Å². The lowest BCUT2D eigenvalue weighted by molar-refractivity contribution is 0.786. The summed E-state index contributed by atoms with van der Waals surface area (Å²) in [5.41, 5.74) is 5.02. The molecule has 0 saturated heterocycles. The van der Waals surface area contributed by atoms with E-state index in [1.54, 1.807) is 0 Å². The Morgan fingerprint density at radius 1 is 0.826 bits per heavy atom. The Morgan fingerprint density at radius 2 is 1.48 bits per heavy atom. The van der Waals surface area contributed by atoms with Crippen LogP contribution in [0.25, 0.3) is 10.8 Å². The summed E-state index contributed by atoms with van der Waals surface area (Å²) < 4.78 is 0. The Kier molecular flexibility index (Phi) is 4.77. The monoisotopic (exact) mass is 301 g/mol. The highest BCUT2D eigenvalue weighted by Gasteiger charge is 2.00. The maximum Gasteiger partial charge on any atom is 0.0397 e. The van der Waals surface area contributed by atoms with Crippen LogP contribution < -0.4 is 5.32 Å². The number of rotatable bonds is 6. The Hall–Kier alpha value is -2.54. The van der Waals surface area contributed by atoms with Crippen LogP contribution in [0.4, 0.5) is 0 Å². The van der Waals surface area contributed by atoms with Crippen molar-refractivity contribution in [3.8, 4) is 0 Å². The van der Waals surface area contributed by atoms with Crippen LogP contribution in [0.15, 0.2) is 79.0 Å². The van der Waals surface area contributed by atoms with Gasteiger partial charge in [0.05, 0.1) is 0 Å². The molecule has 0 unspecified atom stereocenters. The van der Waals surface area contributed by atoms with Crippen molar-refractivity contribution in [3.63, 3.8) is 0 Å². The Morgan fingerprint density at radius 3 is 2.22 bits per heavy atom. The zero-order chi connectivity index (χ0) is 16.1. The molecule has 3 aromatic rings. The molecule has 0 aliphatic carbocycles. The molecule has 1 N–H and O–H groups in total. The average molecular weight is 301 g/mol. The van der Waals surface area contributed by atoms with Gasteiger partial charge in [0.2, 0.25) is 0 Å². The van der Waals surface area contributed by atoms with E-state index in [9.17, 15) is 0 Å². The molecule has 1 heteroatoms. The third-order valence-electron chi connectivity index (χ3n) is 4.21. The number of nitrogens with one attached hydrogen (secondary N) is 1. The molecule has 0 radical (unpaired) electrons. The van der Waals surface area contributed by atoms with Crippen molar-refractivity contribution in [2.45, 2.75) is 26.3 Å². The van der Waals surface area contributed by atoms with E-state index < -0.39 is 0 Å². The van der Waals surface area contributed by atoms with Crippen LogP contribution in [0, 0.1) is 0 Å². The quantitative estimate of drug-likeness (QED) is 0.656. The fourth-order valence-electron chi connectivity index (χ4n) is 2.78. The summed E-state index contributed by atoms with van der Waals surface area (Å²) in [7, 11) is 0. The minimum atomic E-state index is 0.830. The molecule has 1 nitrogen and oxygen atoms in total. The molecule has 0 fully saturated rings. The van der Waals surface area contributed by atoms with Crippen molar-refractivity contribution in [2.24, 2.45) is 0 Å². The second kappa shape index (κ2) is 7.15. The van der Waals surface area contributed by atoms with Gasteiger partial charge in [0.25, 0.3) is 0 Å². The second-order valence-corrected chi connectivity index (χ2v) is 5.99. The number of allylic oxidation sites excluding steroid dienone is 1. The highest BCUT2D eigenvalue weighted by molar-refractivity contribution is 5.83. The molecule has 0 aliphatic rings. The number of benzene rings is 3. The van der Waals surface area contributed by atoms with Crippen molar-refractivity contribution < 1.29 is 0 Å². The molecule has 0 spiro atoms. The molecule has 23 heavy (non-hydrogen) atoms. The van der Waals surface area contributed by atoms with Crippen LogP contribution in [0.2, 0.25) is 0 Å². The van der Waals surface area contributed by atoms with Crippen LogP contribution in [-0.2, 0) is 19.4 Å². The number of aryl methyl sites for hydroxylation is 1. The van der Waals surface area contributed by atoms with Gasteiger partial charge in [0.1, 0.15) is 0 Å². The zero-order valence-electron chi connectivity index (χ0n) is 13.7. The minimum absolute atomic E-state index is 0.830. The highest BCUT2D eigenvalue weighted by atomic mass is 14.9. The van der Waals surface area contributed by atoms with E-state index in [1.165, 1.54) is 27.5 Å². The van der Waals surface area contributed by atoms with Gasteiger partial charge in [0, 0.05) is 18.7 Å². The first-order chi connectivity index (χ1) is 11.2. The molecule has 0 aliphatic heterocycles. The maximum absolute atomic E-state index is 4.17. The van der Waals surface area contributed by atoms with E-state index in [2.05, 4.69) is 85.5 Å². The summed E-state index contributed by atoms with van der Waals surface area (Å²) in [5, 5.41) is 6.01. The predicted molar refractivity (Wildman–Crippen MR) is 99.5 cm³/mol. The average Bonchev–Trinajstić information content (AvgIpc) is 2.60. The third kappa shape index (κ3) is 4.01. The van der Waals surface area contributed by atoms with Crippen LogP contribution in [0.3, 0.4) is 0 Å².